The molecule has 0 aliphatic rings. The Labute approximate surface area is 206 Å². The fourth-order valence-electron chi connectivity index (χ4n) is 2.85. The molecule has 196 valence electrons. The summed E-state index contributed by atoms with van der Waals surface area (Å²) in [5, 5.41) is 4.31. The van der Waals surface area contributed by atoms with Gasteiger partial charge in [0.1, 0.15) is 0 Å². The van der Waals surface area contributed by atoms with Crippen molar-refractivity contribution in [2.75, 3.05) is 0 Å². The third-order valence-electron chi connectivity index (χ3n) is 4.47. The van der Waals surface area contributed by atoms with Crippen LogP contribution in [0.2, 0.25) is 0 Å². The largest absolute Gasteiger partial charge is 0.512 e. The van der Waals surface area contributed by atoms with Gasteiger partial charge in [0.15, 0.2) is 0 Å². The average Bonchev–Trinajstić information content (AvgIpc) is 2.79. The molecule has 0 saturated carbocycles. The minimum Gasteiger partial charge on any atom is -0.202 e. The lowest BCUT2D eigenvalue weighted by Gasteiger charge is -2.21. The van der Waals surface area contributed by atoms with Crippen molar-refractivity contribution in [3.8, 4) is 0 Å². The van der Waals surface area contributed by atoms with Crippen LogP contribution in [0.15, 0.2) is 84.9 Å². The second-order valence-electron chi connectivity index (χ2n) is 6.97. The molecule has 3 aromatic rings. The van der Waals surface area contributed by atoms with E-state index in [9.17, 15) is 43.2 Å². The number of halogens is 6. The molecule has 0 unspecified atom stereocenters. The van der Waals surface area contributed by atoms with Crippen molar-refractivity contribution in [3.05, 3.63) is 90.5 Å². The van der Waals surface area contributed by atoms with Gasteiger partial charge in [0.2, 0.25) is 0 Å². The molecule has 0 aliphatic carbocycles. The fraction of sp³-hybridized carbons (Fsp3) is 0.182. The quantitative estimate of drug-likeness (QED) is 0.354. The molecule has 1 N–H and O–H groups in total. The van der Waals surface area contributed by atoms with Gasteiger partial charge in [0, 0.05) is 0 Å². The maximum Gasteiger partial charge on any atom is 0.512 e. The molecule has 0 aromatic heterocycles. The normalized spacial score (nSPS) is 12.7. The number of aryl methyl sites for hydroxylation is 1. The molecule has 0 atom stereocenters. The van der Waals surface area contributed by atoms with E-state index in [1.165, 1.54) is 21.5 Å². The second kappa shape index (κ2) is 11.7. The minimum absolute atomic E-state index is 0.473. The van der Waals surface area contributed by atoms with E-state index in [2.05, 4.69) is 91.9 Å². The maximum absolute atomic E-state index is 11.5. The zero-order chi connectivity index (χ0) is 27.2. The molecule has 0 fully saturated rings. The van der Waals surface area contributed by atoms with Gasteiger partial charge in [-0.2, -0.15) is 26.3 Å². The average molecular weight is 572 g/mol. The van der Waals surface area contributed by atoms with Crippen LogP contribution in [0, 0.1) is 0 Å². The van der Waals surface area contributed by atoms with Gasteiger partial charge < -0.3 is 0 Å². The number of benzene rings is 3. The highest BCUT2D eigenvalue weighted by Crippen LogP contribution is 2.34. The Morgan fingerprint density at radius 3 is 1.36 bits per heavy atom. The van der Waals surface area contributed by atoms with Crippen LogP contribution >= 0.6 is 7.92 Å². The molecule has 0 amide bonds. The molecule has 0 saturated heterocycles. The number of nitrogens with one attached hydrogen (secondary N) is 1. The van der Waals surface area contributed by atoms with Crippen molar-refractivity contribution in [3.63, 3.8) is 0 Å². The first-order valence-electron chi connectivity index (χ1n) is 10.00. The molecule has 3 rings (SSSR count). The standard InChI is InChI=1S/C20H19P.C2HF6NO4S2/c1-2-17-11-9-10-16-20(17)21(18-12-5-3-6-13-18)19-14-7-4-8-15-19;3-1(4,5)14(10,11)9-15(12,13)2(6,7)8/h3-16H,2H2,1H3;9H. The SMILES string of the molecule is CCc1ccccc1P(c1ccccc1)c1ccccc1.O=S(=O)(NS(=O)(=O)C(F)(F)F)C(F)(F)F. The van der Waals surface area contributed by atoms with Crippen molar-refractivity contribution in [1.82, 2.24) is 4.13 Å². The molecular formula is C22H20F6NO4PS2. The molecule has 3 aromatic carbocycles. The van der Waals surface area contributed by atoms with E-state index < -0.39 is 43.1 Å². The van der Waals surface area contributed by atoms with Crippen molar-refractivity contribution >= 4 is 43.9 Å². The summed E-state index contributed by atoms with van der Waals surface area (Å²) in [6.07, 6.45) is 1.08. The van der Waals surface area contributed by atoms with Gasteiger partial charge in [-0.1, -0.05) is 96.0 Å². The van der Waals surface area contributed by atoms with E-state index in [0.29, 0.717) is 0 Å². The summed E-state index contributed by atoms with van der Waals surface area (Å²) in [6, 6.07) is 30.6. The van der Waals surface area contributed by atoms with E-state index in [0.717, 1.165) is 6.42 Å². The van der Waals surface area contributed by atoms with Crippen LogP contribution in [0.5, 0.6) is 0 Å². The molecule has 5 nitrogen and oxygen atoms in total. The fourth-order valence-corrected chi connectivity index (χ4v) is 7.31. The number of rotatable bonds is 6. The number of alkyl halides is 6. The molecule has 0 aliphatic heterocycles. The Bertz CT molecular complexity index is 1270. The van der Waals surface area contributed by atoms with Gasteiger partial charge >= 0.3 is 31.1 Å². The van der Waals surface area contributed by atoms with Crippen LogP contribution in [0.4, 0.5) is 26.3 Å². The lowest BCUT2D eigenvalue weighted by molar-refractivity contribution is -0.0476. The van der Waals surface area contributed by atoms with E-state index in [1.807, 2.05) is 0 Å². The van der Waals surface area contributed by atoms with E-state index >= 15 is 0 Å². The summed E-state index contributed by atoms with van der Waals surface area (Å²) in [7, 11) is -13.7. The highest BCUT2D eigenvalue weighted by molar-refractivity contribution is 8.05. The van der Waals surface area contributed by atoms with Crippen molar-refractivity contribution in [1.29, 1.82) is 0 Å². The molecule has 0 heterocycles. The van der Waals surface area contributed by atoms with Crippen LogP contribution in [-0.2, 0) is 26.5 Å². The van der Waals surface area contributed by atoms with Gasteiger partial charge in [0.05, 0.1) is 0 Å². The highest BCUT2D eigenvalue weighted by atomic mass is 32.3. The molecule has 0 radical (unpaired) electrons. The van der Waals surface area contributed by atoms with Gasteiger partial charge in [0.25, 0.3) is 0 Å². The number of sulfonamides is 2. The topological polar surface area (TPSA) is 80.3 Å². The van der Waals surface area contributed by atoms with E-state index in [1.54, 1.807) is 0 Å². The summed E-state index contributed by atoms with van der Waals surface area (Å²) in [5.74, 6) is 0. The highest BCUT2D eigenvalue weighted by Gasteiger charge is 2.55. The lowest BCUT2D eigenvalue weighted by Crippen LogP contribution is -2.45. The summed E-state index contributed by atoms with van der Waals surface area (Å²) >= 11 is 0. The minimum atomic E-state index is -6.60. The van der Waals surface area contributed by atoms with E-state index in [4.69, 9.17) is 0 Å². The summed E-state index contributed by atoms with van der Waals surface area (Å²) in [4.78, 5) is 0. The molecular weight excluding hydrogens is 551 g/mol. The number of hydrogen-bond acceptors (Lipinski definition) is 4. The molecule has 0 bridgehead atoms. The van der Waals surface area contributed by atoms with Crippen LogP contribution in [0.1, 0.15) is 12.5 Å². The van der Waals surface area contributed by atoms with E-state index in [-0.39, 0.29) is 0 Å². The maximum atomic E-state index is 11.5. The Morgan fingerprint density at radius 1 is 0.639 bits per heavy atom. The van der Waals surface area contributed by atoms with Gasteiger partial charge in [-0.15, -0.1) is 0 Å². The summed E-state index contributed by atoms with van der Waals surface area (Å²) in [5.41, 5.74) is -10.8. The zero-order valence-corrected chi connectivity index (χ0v) is 21.0. The summed E-state index contributed by atoms with van der Waals surface area (Å²) in [6.45, 7) is 2.24. The van der Waals surface area contributed by atoms with Crippen molar-refractivity contribution in [2.24, 2.45) is 0 Å². The third kappa shape index (κ3) is 7.52. The first-order valence-corrected chi connectivity index (χ1v) is 14.3. The molecule has 0 spiro atoms. The van der Waals surface area contributed by atoms with Crippen LogP contribution in [-0.4, -0.2) is 27.9 Å². The monoisotopic (exact) mass is 571 g/mol. The van der Waals surface area contributed by atoms with Crippen molar-refractivity contribution in [2.45, 2.75) is 24.4 Å². The predicted molar refractivity (Wildman–Crippen MR) is 128 cm³/mol. The first-order chi connectivity index (χ1) is 16.6. The van der Waals surface area contributed by atoms with Crippen LogP contribution in [0.25, 0.3) is 0 Å². The molecule has 14 heteroatoms. The second-order valence-corrected chi connectivity index (χ2v) is 12.8. The third-order valence-corrected chi connectivity index (χ3v) is 9.99. The lowest BCUT2D eigenvalue weighted by atomic mass is 10.2. The smallest absolute Gasteiger partial charge is 0.202 e. The van der Waals surface area contributed by atoms with Crippen LogP contribution in [0.3, 0.4) is 0 Å². The van der Waals surface area contributed by atoms with Crippen molar-refractivity contribution < 1.29 is 43.2 Å². The first kappa shape index (κ1) is 29.8. The Kier molecular flexibility index (Phi) is 9.69. The van der Waals surface area contributed by atoms with Gasteiger partial charge in [-0.25, -0.2) is 16.8 Å². The predicted octanol–water partition coefficient (Wildman–Crippen LogP) is 4.28. The Balaban J connectivity index is 0.000000271. The van der Waals surface area contributed by atoms with Gasteiger partial charge in [-0.05, 0) is 35.8 Å². The number of hydrogen-bond donors (Lipinski definition) is 1. The Morgan fingerprint density at radius 2 is 1.00 bits per heavy atom. The van der Waals surface area contributed by atoms with Gasteiger partial charge in [-0.3, -0.25) is 0 Å². The van der Waals surface area contributed by atoms with Crippen LogP contribution < -0.4 is 20.0 Å². The zero-order valence-electron chi connectivity index (χ0n) is 18.5. The molecule has 36 heavy (non-hydrogen) atoms. The summed E-state index contributed by atoms with van der Waals surface area (Å²) < 4.78 is 108. The Hall–Kier alpha value is -2.47.